The van der Waals surface area contributed by atoms with Crippen LogP contribution in [0.2, 0.25) is 0 Å². The number of aryl methyl sites for hydroxylation is 1. The number of hydrogen-bond donors (Lipinski definition) is 1. The Balaban J connectivity index is 1.46. The van der Waals surface area contributed by atoms with Gasteiger partial charge in [-0.3, -0.25) is 10.1 Å². The number of aromatic nitrogens is 2. The van der Waals surface area contributed by atoms with Gasteiger partial charge in [-0.15, -0.1) is 11.3 Å². The lowest BCUT2D eigenvalue weighted by atomic mass is 10.1. The molecule has 0 fully saturated rings. The quantitative estimate of drug-likeness (QED) is 0.503. The molecular weight excluding hydrogens is 366 g/mol. The van der Waals surface area contributed by atoms with Crippen LogP contribution in [0.3, 0.4) is 0 Å². The van der Waals surface area contributed by atoms with E-state index in [1.54, 1.807) is 6.07 Å². The van der Waals surface area contributed by atoms with Crippen molar-refractivity contribution in [3.05, 3.63) is 101 Å². The maximum atomic E-state index is 12.6. The number of anilines is 1. The Morgan fingerprint density at radius 3 is 2.54 bits per heavy atom. The standard InChI is InChI=1S/C23H19N3OS/c1-16-10-12-17(13-11-16)14-19-15-24-23(28-19)26-22(27)21-9-5-8-20(25-21)18-6-3-2-4-7-18/h2-13,15H,14H2,1H3,(H,24,26,27). The lowest BCUT2D eigenvalue weighted by Gasteiger charge is -2.04. The van der Waals surface area contributed by atoms with E-state index >= 15 is 0 Å². The fraction of sp³-hybridized carbons (Fsp3) is 0.0870. The predicted molar refractivity (Wildman–Crippen MR) is 114 cm³/mol. The summed E-state index contributed by atoms with van der Waals surface area (Å²) in [6, 6.07) is 23.7. The monoisotopic (exact) mass is 385 g/mol. The van der Waals surface area contributed by atoms with Crippen LogP contribution >= 0.6 is 11.3 Å². The molecule has 2 aromatic heterocycles. The van der Waals surface area contributed by atoms with Gasteiger partial charge in [-0.1, -0.05) is 66.2 Å². The molecule has 1 N–H and O–H groups in total. The zero-order chi connectivity index (χ0) is 19.3. The van der Waals surface area contributed by atoms with Gasteiger partial charge in [0, 0.05) is 23.1 Å². The van der Waals surface area contributed by atoms with Crippen LogP contribution in [0.15, 0.2) is 79.0 Å². The normalized spacial score (nSPS) is 10.6. The Bertz CT molecular complexity index is 1090. The molecule has 1 amide bonds. The Kier molecular flexibility index (Phi) is 5.26. The van der Waals surface area contributed by atoms with E-state index in [1.165, 1.54) is 22.5 Å². The number of nitrogens with one attached hydrogen (secondary N) is 1. The molecule has 0 spiro atoms. The highest BCUT2D eigenvalue weighted by Gasteiger charge is 2.12. The van der Waals surface area contributed by atoms with Crippen molar-refractivity contribution in [1.82, 2.24) is 9.97 Å². The van der Waals surface area contributed by atoms with Crippen LogP contribution in [0.4, 0.5) is 5.13 Å². The minimum absolute atomic E-state index is 0.256. The Labute approximate surface area is 167 Å². The number of nitrogens with zero attached hydrogens (tertiary/aromatic N) is 2. The summed E-state index contributed by atoms with van der Waals surface area (Å²) in [6.07, 6.45) is 2.61. The van der Waals surface area contributed by atoms with Crippen molar-refractivity contribution in [1.29, 1.82) is 0 Å². The summed E-state index contributed by atoms with van der Waals surface area (Å²) in [4.78, 5) is 22.5. The number of carbonyl (C=O) groups is 1. The molecule has 0 atom stereocenters. The summed E-state index contributed by atoms with van der Waals surface area (Å²) in [6.45, 7) is 2.07. The maximum Gasteiger partial charge on any atom is 0.276 e. The van der Waals surface area contributed by atoms with Crippen LogP contribution in [0, 0.1) is 6.92 Å². The molecule has 28 heavy (non-hydrogen) atoms. The number of thiazole rings is 1. The average Bonchev–Trinajstić information content (AvgIpc) is 3.17. The summed E-state index contributed by atoms with van der Waals surface area (Å²) in [5, 5.41) is 3.44. The Hall–Kier alpha value is -3.31. The second kappa shape index (κ2) is 8.15. The number of carbonyl (C=O) groups excluding carboxylic acids is 1. The fourth-order valence-corrected chi connectivity index (χ4v) is 3.69. The molecule has 4 nitrogen and oxygen atoms in total. The molecule has 0 bridgehead atoms. The first-order valence-electron chi connectivity index (χ1n) is 9.01. The Morgan fingerprint density at radius 2 is 1.75 bits per heavy atom. The fourth-order valence-electron chi connectivity index (χ4n) is 2.85. The SMILES string of the molecule is Cc1ccc(Cc2cnc(NC(=O)c3cccc(-c4ccccc4)n3)s2)cc1. The number of pyridine rings is 1. The van der Waals surface area contributed by atoms with Gasteiger partial charge in [0.2, 0.25) is 0 Å². The summed E-state index contributed by atoms with van der Waals surface area (Å²) in [5.41, 5.74) is 4.59. The highest BCUT2D eigenvalue weighted by atomic mass is 32.1. The third kappa shape index (κ3) is 4.32. The molecule has 5 heteroatoms. The molecule has 0 radical (unpaired) electrons. The molecule has 2 aromatic carbocycles. The van der Waals surface area contributed by atoms with E-state index in [-0.39, 0.29) is 5.91 Å². The molecule has 0 saturated carbocycles. The van der Waals surface area contributed by atoms with E-state index in [9.17, 15) is 4.79 Å². The van der Waals surface area contributed by atoms with Crippen LogP contribution in [-0.2, 0) is 6.42 Å². The van der Waals surface area contributed by atoms with E-state index in [2.05, 4.69) is 46.5 Å². The van der Waals surface area contributed by atoms with Crippen molar-refractivity contribution >= 4 is 22.4 Å². The lowest BCUT2D eigenvalue weighted by Crippen LogP contribution is -2.13. The van der Waals surface area contributed by atoms with Crippen molar-refractivity contribution in [2.45, 2.75) is 13.3 Å². The summed E-state index contributed by atoms with van der Waals surface area (Å²) in [7, 11) is 0. The molecule has 2 heterocycles. The summed E-state index contributed by atoms with van der Waals surface area (Å²) in [5.74, 6) is -0.256. The third-order valence-corrected chi connectivity index (χ3v) is 5.24. The topological polar surface area (TPSA) is 54.9 Å². The van der Waals surface area contributed by atoms with Gasteiger partial charge in [0.15, 0.2) is 5.13 Å². The second-order valence-electron chi connectivity index (χ2n) is 6.52. The summed E-state index contributed by atoms with van der Waals surface area (Å²) < 4.78 is 0. The van der Waals surface area contributed by atoms with Gasteiger partial charge >= 0.3 is 0 Å². The van der Waals surface area contributed by atoms with E-state index in [4.69, 9.17) is 0 Å². The lowest BCUT2D eigenvalue weighted by molar-refractivity contribution is 0.102. The summed E-state index contributed by atoms with van der Waals surface area (Å²) >= 11 is 1.48. The van der Waals surface area contributed by atoms with Gasteiger partial charge in [-0.05, 0) is 24.6 Å². The van der Waals surface area contributed by atoms with Crippen LogP contribution < -0.4 is 5.32 Å². The van der Waals surface area contributed by atoms with Crippen LogP contribution in [-0.4, -0.2) is 15.9 Å². The number of rotatable bonds is 5. The average molecular weight is 385 g/mol. The zero-order valence-electron chi connectivity index (χ0n) is 15.4. The smallest absolute Gasteiger partial charge is 0.276 e. The van der Waals surface area contributed by atoms with Crippen LogP contribution in [0.1, 0.15) is 26.5 Å². The first-order chi connectivity index (χ1) is 13.7. The highest BCUT2D eigenvalue weighted by molar-refractivity contribution is 7.15. The number of benzene rings is 2. The number of hydrogen-bond acceptors (Lipinski definition) is 4. The van der Waals surface area contributed by atoms with Gasteiger partial charge in [0.1, 0.15) is 5.69 Å². The van der Waals surface area contributed by atoms with Crippen molar-refractivity contribution in [3.8, 4) is 11.3 Å². The van der Waals surface area contributed by atoms with Crippen LogP contribution in [0.5, 0.6) is 0 Å². The van der Waals surface area contributed by atoms with Gasteiger partial charge in [-0.2, -0.15) is 0 Å². The van der Waals surface area contributed by atoms with Gasteiger partial charge in [0.25, 0.3) is 5.91 Å². The third-order valence-electron chi connectivity index (χ3n) is 4.32. The second-order valence-corrected chi connectivity index (χ2v) is 7.64. The van der Waals surface area contributed by atoms with Crippen molar-refractivity contribution in [2.24, 2.45) is 0 Å². The van der Waals surface area contributed by atoms with E-state index in [0.29, 0.717) is 10.8 Å². The minimum atomic E-state index is -0.256. The van der Waals surface area contributed by atoms with Crippen LogP contribution in [0.25, 0.3) is 11.3 Å². The highest BCUT2D eigenvalue weighted by Crippen LogP contribution is 2.22. The van der Waals surface area contributed by atoms with Gasteiger partial charge in [-0.25, -0.2) is 9.97 Å². The largest absolute Gasteiger partial charge is 0.296 e. The first kappa shape index (κ1) is 18.1. The molecule has 138 valence electrons. The molecule has 0 aliphatic rings. The molecular formula is C23H19N3OS. The zero-order valence-corrected chi connectivity index (χ0v) is 16.2. The van der Waals surface area contributed by atoms with Crippen molar-refractivity contribution in [2.75, 3.05) is 5.32 Å². The molecule has 0 unspecified atom stereocenters. The molecule has 0 aliphatic heterocycles. The predicted octanol–water partition coefficient (Wildman–Crippen LogP) is 5.36. The minimum Gasteiger partial charge on any atom is -0.296 e. The van der Waals surface area contributed by atoms with E-state index in [1.807, 2.05) is 48.7 Å². The van der Waals surface area contributed by atoms with E-state index in [0.717, 1.165) is 22.6 Å². The van der Waals surface area contributed by atoms with E-state index < -0.39 is 0 Å². The molecule has 0 saturated heterocycles. The Morgan fingerprint density at radius 1 is 0.964 bits per heavy atom. The molecule has 0 aliphatic carbocycles. The van der Waals surface area contributed by atoms with Crippen molar-refractivity contribution in [3.63, 3.8) is 0 Å². The van der Waals surface area contributed by atoms with Gasteiger partial charge in [0.05, 0.1) is 5.69 Å². The molecule has 4 rings (SSSR count). The van der Waals surface area contributed by atoms with Crippen molar-refractivity contribution < 1.29 is 4.79 Å². The molecule has 4 aromatic rings. The number of amides is 1. The first-order valence-corrected chi connectivity index (χ1v) is 9.83. The van der Waals surface area contributed by atoms with Gasteiger partial charge < -0.3 is 0 Å². The maximum absolute atomic E-state index is 12.6.